The molecular formula is C29H31F4N4O5P. The molecule has 3 heterocycles. The maximum absolute atomic E-state index is 13.4. The number of fused-ring (bicyclic) bond motifs is 3. The third-order valence-electron chi connectivity index (χ3n) is 5.30. The summed E-state index contributed by atoms with van der Waals surface area (Å²) in [6, 6.07) is 7.82. The standard InChI is InChI=1S/C11H6F2N2O2.C11H6F2N2.C6H15O3P.CH4/c12-8-3-7(4-9(13)5-8)10-6-14-2-1-11(10)15(16)17;12-6-3-7-8-5-14-2-1-10(8)15-11(7)9(13)4-6;1-4-7-10(8-5-2)9-6-3;/h1-6H;1-5,15H;4-6H2,1-3H3;1H4. The van der Waals surface area contributed by atoms with Gasteiger partial charge in [0.15, 0.2) is 0 Å². The predicted molar refractivity (Wildman–Crippen MR) is 158 cm³/mol. The fourth-order valence-corrected chi connectivity index (χ4v) is 4.53. The molecule has 0 radical (unpaired) electrons. The summed E-state index contributed by atoms with van der Waals surface area (Å²) >= 11 is 0. The molecule has 5 aromatic rings. The highest BCUT2D eigenvalue weighted by molar-refractivity contribution is 7.41. The van der Waals surface area contributed by atoms with Gasteiger partial charge < -0.3 is 18.6 Å². The summed E-state index contributed by atoms with van der Waals surface area (Å²) in [5.41, 5.74) is 0.993. The van der Waals surface area contributed by atoms with Crippen molar-refractivity contribution in [1.29, 1.82) is 0 Å². The molecule has 9 nitrogen and oxygen atoms in total. The van der Waals surface area contributed by atoms with Crippen LogP contribution in [0.5, 0.6) is 0 Å². The van der Waals surface area contributed by atoms with E-state index in [0.717, 1.165) is 29.1 Å². The number of aromatic amines is 1. The third-order valence-corrected chi connectivity index (χ3v) is 6.70. The Labute approximate surface area is 247 Å². The molecule has 0 saturated carbocycles. The van der Waals surface area contributed by atoms with Crippen LogP contribution in [0.15, 0.2) is 67.3 Å². The van der Waals surface area contributed by atoms with Crippen LogP contribution in [-0.2, 0) is 13.6 Å². The molecule has 0 saturated heterocycles. The first-order chi connectivity index (χ1) is 20.2. The van der Waals surface area contributed by atoms with Gasteiger partial charge in [-0.15, -0.1) is 0 Å². The molecule has 0 aliphatic rings. The van der Waals surface area contributed by atoms with Crippen LogP contribution in [0.1, 0.15) is 28.2 Å². The van der Waals surface area contributed by atoms with Gasteiger partial charge in [0.25, 0.3) is 5.69 Å². The van der Waals surface area contributed by atoms with Crippen LogP contribution in [0.25, 0.3) is 32.9 Å². The Bertz CT molecular complexity index is 1610. The molecule has 3 aromatic heterocycles. The summed E-state index contributed by atoms with van der Waals surface area (Å²) in [4.78, 5) is 20.7. The number of nitro groups is 1. The highest BCUT2D eigenvalue weighted by Gasteiger charge is 2.16. The average Bonchev–Trinajstić information content (AvgIpc) is 3.33. The van der Waals surface area contributed by atoms with Gasteiger partial charge in [-0.1, -0.05) is 7.43 Å². The number of aromatic nitrogens is 3. The molecule has 0 aliphatic carbocycles. The number of pyridine rings is 2. The van der Waals surface area contributed by atoms with Crippen LogP contribution in [-0.4, -0.2) is 39.7 Å². The average molecular weight is 623 g/mol. The lowest BCUT2D eigenvalue weighted by molar-refractivity contribution is -0.384. The maximum Gasteiger partial charge on any atom is 0.332 e. The number of benzene rings is 2. The van der Waals surface area contributed by atoms with Crippen molar-refractivity contribution in [3.8, 4) is 11.1 Å². The van der Waals surface area contributed by atoms with Gasteiger partial charge in [-0.3, -0.25) is 20.1 Å². The molecule has 2 aromatic carbocycles. The van der Waals surface area contributed by atoms with Gasteiger partial charge in [0, 0.05) is 59.3 Å². The van der Waals surface area contributed by atoms with Crippen molar-refractivity contribution in [2.24, 2.45) is 0 Å². The lowest BCUT2D eigenvalue weighted by Gasteiger charge is -2.12. The minimum absolute atomic E-state index is 0. The van der Waals surface area contributed by atoms with Crippen LogP contribution in [0, 0.1) is 33.4 Å². The van der Waals surface area contributed by atoms with Gasteiger partial charge in [0.05, 0.1) is 35.8 Å². The highest BCUT2D eigenvalue weighted by atomic mass is 31.2. The van der Waals surface area contributed by atoms with E-state index in [-0.39, 0.29) is 24.2 Å². The summed E-state index contributed by atoms with van der Waals surface area (Å²) in [5.74, 6) is -2.75. The van der Waals surface area contributed by atoms with Crippen LogP contribution in [0.4, 0.5) is 23.2 Å². The van der Waals surface area contributed by atoms with Gasteiger partial charge in [-0.05, 0) is 50.6 Å². The number of nitrogens with one attached hydrogen (secondary N) is 1. The molecule has 0 amide bonds. The van der Waals surface area contributed by atoms with Crippen molar-refractivity contribution < 1.29 is 36.1 Å². The minimum atomic E-state index is -1.06. The molecular weight excluding hydrogens is 591 g/mol. The number of nitrogens with zero attached hydrogens (tertiary/aromatic N) is 3. The van der Waals surface area contributed by atoms with E-state index < -0.39 is 36.8 Å². The summed E-state index contributed by atoms with van der Waals surface area (Å²) < 4.78 is 67.9. The van der Waals surface area contributed by atoms with Crippen LogP contribution >= 0.6 is 8.60 Å². The molecule has 0 spiro atoms. The van der Waals surface area contributed by atoms with Gasteiger partial charge in [-0.2, -0.15) is 0 Å². The fourth-order valence-electron chi connectivity index (χ4n) is 3.67. The van der Waals surface area contributed by atoms with E-state index in [0.29, 0.717) is 36.8 Å². The second-order valence-corrected chi connectivity index (χ2v) is 9.36. The summed E-state index contributed by atoms with van der Waals surface area (Å²) in [6.07, 6.45) is 5.64. The van der Waals surface area contributed by atoms with E-state index in [1.807, 2.05) is 20.8 Å². The Morgan fingerprint density at radius 1 is 0.814 bits per heavy atom. The fraction of sp³-hybridized carbons (Fsp3) is 0.241. The lowest BCUT2D eigenvalue weighted by Crippen LogP contribution is -1.94. The summed E-state index contributed by atoms with van der Waals surface area (Å²) in [7, 11) is -1.06. The van der Waals surface area contributed by atoms with Gasteiger partial charge in [0.1, 0.15) is 23.3 Å². The topological polar surface area (TPSA) is 112 Å². The third kappa shape index (κ3) is 9.75. The molecule has 1 N–H and O–H groups in total. The Morgan fingerprint density at radius 3 is 1.95 bits per heavy atom. The van der Waals surface area contributed by atoms with E-state index >= 15 is 0 Å². The minimum Gasteiger partial charge on any atom is -0.352 e. The first-order valence-corrected chi connectivity index (χ1v) is 13.7. The smallest absolute Gasteiger partial charge is 0.332 e. The Kier molecular flexibility index (Phi) is 14.0. The Hall–Kier alpha value is -4.03. The number of H-pyrrole nitrogens is 1. The maximum atomic E-state index is 13.4. The molecule has 14 heteroatoms. The van der Waals surface area contributed by atoms with Crippen LogP contribution in [0.3, 0.4) is 0 Å². The second-order valence-electron chi connectivity index (χ2n) is 8.14. The van der Waals surface area contributed by atoms with Crippen molar-refractivity contribution in [2.45, 2.75) is 28.2 Å². The number of halogens is 4. The van der Waals surface area contributed by atoms with Crippen LogP contribution in [0.2, 0.25) is 0 Å². The molecule has 43 heavy (non-hydrogen) atoms. The zero-order valence-electron chi connectivity index (χ0n) is 22.8. The molecule has 0 fully saturated rings. The van der Waals surface area contributed by atoms with E-state index in [4.69, 9.17) is 13.6 Å². The Balaban J connectivity index is 0.000000231. The largest absolute Gasteiger partial charge is 0.352 e. The highest BCUT2D eigenvalue weighted by Crippen LogP contribution is 2.38. The van der Waals surface area contributed by atoms with E-state index in [1.54, 1.807) is 18.5 Å². The van der Waals surface area contributed by atoms with Crippen molar-refractivity contribution in [1.82, 2.24) is 15.0 Å². The number of rotatable bonds is 8. The number of hydrogen-bond acceptors (Lipinski definition) is 7. The molecule has 0 bridgehead atoms. The van der Waals surface area contributed by atoms with Gasteiger partial charge in [-0.25, -0.2) is 17.6 Å². The van der Waals surface area contributed by atoms with Crippen molar-refractivity contribution in [3.63, 3.8) is 0 Å². The van der Waals surface area contributed by atoms with Gasteiger partial charge >= 0.3 is 8.60 Å². The molecule has 0 unspecified atom stereocenters. The zero-order valence-corrected chi connectivity index (χ0v) is 23.7. The molecule has 0 atom stereocenters. The monoisotopic (exact) mass is 622 g/mol. The van der Waals surface area contributed by atoms with Gasteiger partial charge in [0.2, 0.25) is 0 Å². The molecule has 0 aliphatic heterocycles. The van der Waals surface area contributed by atoms with Crippen molar-refractivity contribution >= 4 is 36.1 Å². The first-order valence-electron chi connectivity index (χ1n) is 12.6. The molecule has 230 valence electrons. The number of hydrogen-bond donors (Lipinski definition) is 1. The van der Waals surface area contributed by atoms with Crippen molar-refractivity contribution in [2.75, 3.05) is 19.8 Å². The lowest BCUT2D eigenvalue weighted by atomic mass is 10.1. The van der Waals surface area contributed by atoms with E-state index in [2.05, 4.69) is 15.0 Å². The quantitative estimate of drug-likeness (QED) is 0.0796. The summed E-state index contributed by atoms with van der Waals surface area (Å²) in [6.45, 7) is 7.71. The normalized spacial score (nSPS) is 10.5. The summed E-state index contributed by atoms with van der Waals surface area (Å²) in [5, 5.41) is 12.0. The predicted octanol–water partition coefficient (Wildman–Crippen LogP) is 8.89. The Morgan fingerprint density at radius 2 is 1.37 bits per heavy atom. The van der Waals surface area contributed by atoms with Crippen molar-refractivity contribution in [3.05, 3.63) is 101 Å². The molecule has 5 rings (SSSR count). The second kappa shape index (κ2) is 17.2. The first kappa shape index (κ1) is 35.2. The SMILES string of the molecule is C.CCOP(OCC)OCC.Fc1cc(F)c2[nH]c3ccncc3c2c1.O=[N+]([O-])c1ccncc1-c1cc(F)cc(F)c1. The zero-order chi connectivity index (χ0) is 30.6. The van der Waals surface area contributed by atoms with E-state index in [9.17, 15) is 27.7 Å². The van der Waals surface area contributed by atoms with E-state index in [1.165, 1.54) is 24.5 Å². The van der Waals surface area contributed by atoms with Crippen LogP contribution < -0.4 is 0 Å².